The average Bonchev–Trinajstić information content (AvgIpc) is 2.69. The van der Waals surface area contributed by atoms with E-state index in [-0.39, 0.29) is 17.8 Å². The Morgan fingerprint density at radius 2 is 2.00 bits per heavy atom. The minimum absolute atomic E-state index is 0.108. The Labute approximate surface area is 161 Å². The van der Waals surface area contributed by atoms with Gasteiger partial charge < -0.3 is 20.3 Å². The summed E-state index contributed by atoms with van der Waals surface area (Å²) >= 11 is 0. The molecule has 1 aliphatic rings. The van der Waals surface area contributed by atoms with Crippen LogP contribution in [-0.4, -0.2) is 57.1 Å². The molecule has 1 saturated heterocycles. The number of guanidine groups is 1. The van der Waals surface area contributed by atoms with Gasteiger partial charge in [0, 0.05) is 40.2 Å². The normalized spacial score (nSPS) is 16.9. The zero-order valence-electron chi connectivity index (χ0n) is 16.5. The van der Waals surface area contributed by atoms with Gasteiger partial charge in [-0.05, 0) is 43.4 Å². The molecule has 1 aromatic rings. The Hall–Kier alpha value is -2.15. The number of nitrogens with zero attached hydrogens (tertiary/aromatic N) is 2. The van der Waals surface area contributed by atoms with Gasteiger partial charge in [0.1, 0.15) is 11.9 Å². The van der Waals surface area contributed by atoms with Crippen LogP contribution in [-0.2, 0) is 9.53 Å². The number of carbonyl (C=O) groups excluding carboxylic acids is 1. The zero-order valence-corrected chi connectivity index (χ0v) is 16.5. The van der Waals surface area contributed by atoms with Crippen LogP contribution in [0.5, 0.6) is 0 Å². The summed E-state index contributed by atoms with van der Waals surface area (Å²) in [5.74, 6) is 1.14. The lowest BCUT2D eigenvalue weighted by molar-refractivity contribution is -0.121. The molecule has 27 heavy (non-hydrogen) atoms. The van der Waals surface area contributed by atoms with Crippen molar-refractivity contribution in [3.63, 3.8) is 0 Å². The number of methoxy groups -OCH3 is 1. The van der Waals surface area contributed by atoms with Crippen LogP contribution in [0, 0.1) is 11.7 Å². The lowest BCUT2D eigenvalue weighted by Crippen LogP contribution is -2.46. The van der Waals surface area contributed by atoms with Crippen LogP contribution in [0.25, 0.3) is 0 Å². The maximum Gasteiger partial charge on any atom is 0.220 e. The number of hydrogen-bond acceptors (Lipinski definition) is 3. The highest BCUT2D eigenvalue weighted by Crippen LogP contribution is 2.21. The van der Waals surface area contributed by atoms with E-state index in [1.165, 1.54) is 12.1 Å². The summed E-state index contributed by atoms with van der Waals surface area (Å²) in [6.07, 6.45) is 2.33. The molecule has 0 saturated carbocycles. The average molecular weight is 378 g/mol. The van der Waals surface area contributed by atoms with E-state index in [9.17, 15) is 9.18 Å². The van der Waals surface area contributed by atoms with Crippen LogP contribution >= 0.6 is 0 Å². The van der Waals surface area contributed by atoms with Gasteiger partial charge >= 0.3 is 0 Å². The number of amides is 1. The molecule has 1 heterocycles. The van der Waals surface area contributed by atoms with E-state index in [2.05, 4.69) is 15.5 Å². The Balaban J connectivity index is 1.97. The quantitative estimate of drug-likeness (QED) is 0.565. The first kappa shape index (κ1) is 21.2. The summed E-state index contributed by atoms with van der Waals surface area (Å²) in [4.78, 5) is 18.5. The maximum absolute atomic E-state index is 13.1. The predicted octanol–water partition coefficient (Wildman–Crippen LogP) is 2.33. The summed E-state index contributed by atoms with van der Waals surface area (Å²) in [7, 11) is 3.32. The van der Waals surface area contributed by atoms with Crippen molar-refractivity contribution < 1.29 is 13.9 Å². The second-order valence-electron chi connectivity index (χ2n) is 6.78. The number of carbonyl (C=O) groups is 1. The number of rotatable bonds is 7. The molecule has 0 spiro atoms. The summed E-state index contributed by atoms with van der Waals surface area (Å²) in [5, 5.41) is 6.04. The molecule has 1 fully saturated rings. The van der Waals surface area contributed by atoms with Gasteiger partial charge in [-0.15, -0.1) is 0 Å². The number of piperidine rings is 1. The molecular weight excluding hydrogens is 347 g/mol. The van der Waals surface area contributed by atoms with E-state index in [0.717, 1.165) is 44.0 Å². The number of ether oxygens (including phenoxy) is 1. The third-order valence-electron chi connectivity index (χ3n) is 4.94. The summed E-state index contributed by atoms with van der Waals surface area (Å²) < 4.78 is 18.7. The third kappa shape index (κ3) is 6.50. The molecule has 2 rings (SSSR count). The van der Waals surface area contributed by atoms with Gasteiger partial charge in [0.25, 0.3) is 0 Å². The first-order chi connectivity index (χ1) is 13.1. The van der Waals surface area contributed by atoms with E-state index in [1.54, 1.807) is 26.3 Å². The van der Waals surface area contributed by atoms with Crippen molar-refractivity contribution in [3.8, 4) is 0 Å². The Kier molecular flexibility index (Phi) is 8.51. The summed E-state index contributed by atoms with van der Waals surface area (Å²) in [6.45, 7) is 5.04. The van der Waals surface area contributed by atoms with Crippen molar-refractivity contribution in [3.05, 3.63) is 35.6 Å². The minimum Gasteiger partial charge on any atom is -0.375 e. The fourth-order valence-electron chi connectivity index (χ4n) is 3.30. The number of aliphatic imine (C=N–C) groups is 1. The van der Waals surface area contributed by atoms with Gasteiger partial charge in [-0.3, -0.25) is 9.79 Å². The Morgan fingerprint density at radius 3 is 2.56 bits per heavy atom. The Morgan fingerprint density at radius 1 is 1.33 bits per heavy atom. The number of hydrogen-bond donors (Lipinski definition) is 2. The van der Waals surface area contributed by atoms with Gasteiger partial charge in [-0.25, -0.2) is 4.39 Å². The first-order valence-electron chi connectivity index (χ1n) is 9.59. The highest BCUT2D eigenvalue weighted by Gasteiger charge is 2.23. The molecule has 6 nitrogen and oxygen atoms in total. The zero-order chi connectivity index (χ0) is 19.6. The number of nitrogens with one attached hydrogen (secondary N) is 2. The molecular formula is C20H31FN4O2. The monoisotopic (exact) mass is 378 g/mol. The van der Waals surface area contributed by atoms with E-state index in [0.29, 0.717) is 18.9 Å². The lowest BCUT2D eigenvalue weighted by atomic mass is 9.93. The molecule has 0 aliphatic carbocycles. The maximum atomic E-state index is 13.1. The van der Waals surface area contributed by atoms with Crippen LogP contribution in [0.2, 0.25) is 0 Å². The molecule has 2 N–H and O–H groups in total. The standard InChI is InChI=1S/C20H31FN4O2/c1-4-23-20(25-11-9-15(10-12-25)13-19(26)22-2)24-14-18(27-3)16-5-7-17(21)8-6-16/h5-8,15,18H,4,9-14H2,1-3H3,(H,22,26)(H,23,24). The van der Waals surface area contributed by atoms with Gasteiger partial charge in [0.15, 0.2) is 5.96 Å². The molecule has 1 atom stereocenters. The molecule has 0 aromatic heterocycles. The molecule has 1 amide bonds. The fraction of sp³-hybridized carbons (Fsp3) is 0.600. The van der Waals surface area contributed by atoms with Crippen LogP contribution in [0.15, 0.2) is 29.3 Å². The van der Waals surface area contributed by atoms with Gasteiger partial charge in [-0.2, -0.15) is 0 Å². The molecule has 0 radical (unpaired) electrons. The van der Waals surface area contributed by atoms with E-state index < -0.39 is 0 Å². The highest BCUT2D eigenvalue weighted by molar-refractivity contribution is 5.80. The van der Waals surface area contributed by atoms with Crippen LogP contribution in [0.3, 0.4) is 0 Å². The Bertz CT molecular complexity index is 613. The van der Waals surface area contributed by atoms with Crippen molar-refractivity contribution in [1.82, 2.24) is 15.5 Å². The van der Waals surface area contributed by atoms with Crippen molar-refractivity contribution >= 4 is 11.9 Å². The van der Waals surface area contributed by atoms with Gasteiger partial charge in [0.2, 0.25) is 5.91 Å². The van der Waals surface area contributed by atoms with Crippen molar-refractivity contribution in [2.24, 2.45) is 10.9 Å². The van der Waals surface area contributed by atoms with Crippen LogP contribution < -0.4 is 10.6 Å². The lowest BCUT2D eigenvalue weighted by Gasteiger charge is -2.34. The molecule has 0 bridgehead atoms. The largest absolute Gasteiger partial charge is 0.375 e. The summed E-state index contributed by atoms with van der Waals surface area (Å²) in [6, 6.07) is 6.34. The third-order valence-corrected chi connectivity index (χ3v) is 4.94. The predicted molar refractivity (Wildman–Crippen MR) is 105 cm³/mol. The molecule has 1 aromatic carbocycles. The van der Waals surface area contributed by atoms with Crippen LogP contribution in [0.4, 0.5) is 4.39 Å². The topological polar surface area (TPSA) is 66.0 Å². The van der Waals surface area contributed by atoms with E-state index in [4.69, 9.17) is 9.73 Å². The number of likely N-dealkylation sites (tertiary alicyclic amines) is 1. The second kappa shape index (κ2) is 10.9. The van der Waals surface area contributed by atoms with Gasteiger partial charge in [0.05, 0.1) is 6.54 Å². The fourth-order valence-corrected chi connectivity index (χ4v) is 3.30. The molecule has 150 valence electrons. The SMILES string of the molecule is CCNC(=NCC(OC)c1ccc(F)cc1)N1CCC(CC(=O)NC)CC1. The van der Waals surface area contributed by atoms with Crippen molar-refractivity contribution in [2.75, 3.05) is 40.3 Å². The second-order valence-corrected chi connectivity index (χ2v) is 6.78. The van der Waals surface area contributed by atoms with Crippen molar-refractivity contribution in [1.29, 1.82) is 0 Å². The molecule has 1 aliphatic heterocycles. The van der Waals surface area contributed by atoms with Crippen LogP contribution in [0.1, 0.15) is 37.9 Å². The van der Waals surface area contributed by atoms with E-state index in [1.807, 2.05) is 6.92 Å². The summed E-state index contributed by atoms with van der Waals surface area (Å²) in [5.41, 5.74) is 0.905. The van der Waals surface area contributed by atoms with Gasteiger partial charge in [-0.1, -0.05) is 12.1 Å². The molecule has 1 unspecified atom stereocenters. The minimum atomic E-state index is -0.259. The van der Waals surface area contributed by atoms with E-state index >= 15 is 0 Å². The van der Waals surface area contributed by atoms with Crippen molar-refractivity contribution in [2.45, 2.75) is 32.3 Å². The smallest absolute Gasteiger partial charge is 0.220 e. The molecule has 7 heteroatoms. The highest BCUT2D eigenvalue weighted by atomic mass is 19.1. The number of halogens is 1. The number of benzene rings is 1. The first-order valence-corrected chi connectivity index (χ1v) is 9.59.